The maximum absolute atomic E-state index is 14.3. The standard InChI is InChI=1S/C50H76BrN11O9/c1-13-30(4)44(61(10)50(69)43(29(2)3)59-41(63)28-60(8)9)39(70-11)24-42(64)62-21-15-18-38(62)45(71-12)31(5)46(65)57-37(19-20-52)23-34-16-14-17-36(22-34)58-48(67)33(7)55-47(66)32(6)56-49(68)35-26-53-40(25-51)54-27-35/h14,16-17,22,26-27,29-33,37-39,43-45H,13,15,18-19,21,23-25,28H2,1-12H3,(H,55,66)(H,56,68)(H,57,65)(H,58,67)(H,59,63)/t30-,31+,32-,33-,37+,38-,39+,43-,44-,45+/m0/s1. The van der Waals surface area contributed by atoms with Gasteiger partial charge >= 0.3 is 0 Å². The van der Waals surface area contributed by atoms with Crippen LogP contribution in [0.25, 0.3) is 0 Å². The molecule has 5 N–H and O–H groups in total. The third-order valence-electron chi connectivity index (χ3n) is 12.9. The van der Waals surface area contributed by atoms with E-state index in [2.05, 4.69) is 58.6 Å². The van der Waals surface area contributed by atoms with Gasteiger partial charge in [0.2, 0.25) is 35.4 Å². The normalized spacial score (nSPS) is 17.3. The topological polar surface area (TPSA) is 257 Å². The number of halogens is 1. The summed E-state index contributed by atoms with van der Waals surface area (Å²) in [7, 11) is 8.29. The Kier molecular flexibility index (Phi) is 24.5. The SMILES string of the molecule is CC[C@H](C)[C@@H]([C@@H](CC(=O)N1CCC[C@H]1[C@H](OC)[C@@H](C)C(=O)N[C@H](CC#N)Cc1cccc(NC(=O)[C@H](C)NC(=O)[C@H](C)NC(=O)c2cnc(CBr)nc2)c1)OC)N(C)C(=O)[C@@H](NC(=O)CN(C)C)C(C)C. The summed E-state index contributed by atoms with van der Waals surface area (Å²) in [6, 6.07) is 4.81. The first kappa shape index (κ1) is 59.7. The van der Waals surface area contributed by atoms with Crippen molar-refractivity contribution in [3.63, 3.8) is 0 Å². The van der Waals surface area contributed by atoms with Gasteiger partial charge in [0.25, 0.3) is 5.91 Å². The fourth-order valence-electron chi connectivity index (χ4n) is 8.76. The quantitative estimate of drug-likeness (QED) is 0.0807. The molecule has 71 heavy (non-hydrogen) atoms. The number of alkyl halides is 1. The average Bonchev–Trinajstić information content (AvgIpc) is 3.82. The molecule has 0 spiro atoms. The highest BCUT2D eigenvalue weighted by molar-refractivity contribution is 9.08. The Morgan fingerprint density at radius 1 is 0.901 bits per heavy atom. The second-order valence-electron chi connectivity index (χ2n) is 19.0. The third-order valence-corrected chi connectivity index (χ3v) is 13.4. The number of anilines is 1. The van der Waals surface area contributed by atoms with Crippen LogP contribution in [-0.4, -0.2) is 163 Å². The van der Waals surface area contributed by atoms with Crippen LogP contribution in [0.15, 0.2) is 36.7 Å². The van der Waals surface area contributed by atoms with E-state index in [9.17, 15) is 38.8 Å². The van der Waals surface area contributed by atoms with Crippen LogP contribution in [0.3, 0.4) is 0 Å². The molecule has 2 heterocycles. The van der Waals surface area contributed by atoms with Crippen molar-refractivity contribution in [1.82, 2.24) is 45.9 Å². The van der Waals surface area contributed by atoms with Gasteiger partial charge in [0.1, 0.15) is 23.9 Å². The second kappa shape index (κ2) is 29.1. The van der Waals surface area contributed by atoms with E-state index >= 15 is 0 Å². The van der Waals surface area contributed by atoms with Crippen molar-refractivity contribution < 1.29 is 43.0 Å². The summed E-state index contributed by atoms with van der Waals surface area (Å²) in [6.45, 7) is 13.1. The molecule has 1 aliphatic heterocycles. The molecule has 0 radical (unpaired) electrons. The van der Waals surface area contributed by atoms with E-state index in [0.29, 0.717) is 42.6 Å². The van der Waals surface area contributed by atoms with Gasteiger partial charge in [-0.1, -0.05) is 69.1 Å². The third kappa shape index (κ3) is 17.6. The monoisotopic (exact) mass is 1050 g/mol. The van der Waals surface area contributed by atoms with E-state index in [-0.39, 0.29) is 66.8 Å². The summed E-state index contributed by atoms with van der Waals surface area (Å²) in [5, 5.41) is 24.1. The van der Waals surface area contributed by atoms with Crippen molar-refractivity contribution in [3.05, 3.63) is 53.6 Å². The number of amides is 7. The van der Waals surface area contributed by atoms with E-state index in [0.717, 1.165) is 5.56 Å². The van der Waals surface area contributed by atoms with Crippen molar-refractivity contribution >= 4 is 63.0 Å². The van der Waals surface area contributed by atoms with E-state index in [1.165, 1.54) is 40.5 Å². The molecule has 1 fully saturated rings. The van der Waals surface area contributed by atoms with Crippen LogP contribution < -0.4 is 26.6 Å². The molecule has 392 valence electrons. The molecule has 21 heteroatoms. The molecule has 0 bridgehead atoms. The van der Waals surface area contributed by atoms with Gasteiger partial charge in [0, 0.05) is 51.9 Å². The van der Waals surface area contributed by atoms with E-state index in [4.69, 9.17) is 9.47 Å². The minimum absolute atomic E-state index is 0.0131. The Balaban J connectivity index is 1.67. The molecule has 20 nitrogen and oxygen atoms in total. The average molecular weight is 1060 g/mol. The van der Waals surface area contributed by atoms with Crippen molar-refractivity contribution in [1.29, 1.82) is 5.26 Å². The Hall–Kier alpha value is -5.56. The first-order valence-corrected chi connectivity index (χ1v) is 25.3. The largest absolute Gasteiger partial charge is 0.379 e. The van der Waals surface area contributed by atoms with Gasteiger partial charge in [-0.3, -0.25) is 33.6 Å². The van der Waals surface area contributed by atoms with Crippen molar-refractivity contribution in [3.8, 4) is 6.07 Å². The highest BCUT2D eigenvalue weighted by Crippen LogP contribution is 2.30. The Labute approximate surface area is 427 Å². The molecule has 10 atom stereocenters. The Morgan fingerprint density at radius 2 is 1.56 bits per heavy atom. The van der Waals surface area contributed by atoms with Gasteiger partial charge in [0.05, 0.1) is 66.6 Å². The van der Waals surface area contributed by atoms with Crippen LogP contribution in [0, 0.1) is 29.1 Å². The highest BCUT2D eigenvalue weighted by atomic mass is 79.9. The van der Waals surface area contributed by atoms with Crippen molar-refractivity contribution in [2.75, 3.05) is 53.8 Å². The van der Waals surface area contributed by atoms with Crippen LogP contribution >= 0.6 is 15.9 Å². The lowest BCUT2D eigenvalue weighted by Crippen LogP contribution is -2.58. The van der Waals surface area contributed by atoms with Gasteiger partial charge in [-0.05, 0) is 76.7 Å². The summed E-state index contributed by atoms with van der Waals surface area (Å²) in [5.74, 6) is -3.23. The molecule has 0 aliphatic carbocycles. The number of benzene rings is 1. The van der Waals surface area contributed by atoms with Crippen LogP contribution in [0.2, 0.25) is 0 Å². The molecular formula is C50H76BrN11O9. The highest BCUT2D eigenvalue weighted by Gasteiger charge is 2.43. The number of carbonyl (C=O) groups excluding carboxylic acids is 7. The van der Waals surface area contributed by atoms with Crippen LogP contribution in [0.5, 0.6) is 0 Å². The number of rotatable bonds is 27. The molecule has 1 aliphatic rings. The van der Waals surface area contributed by atoms with Crippen LogP contribution in [0.4, 0.5) is 5.69 Å². The predicted molar refractivity (Wildman–Crippen MR) is 272 cm³/mol. The summed E-state index contributed by atoms with van der Waals surface area (Å²) < 4.78 is 12.0. The van der Waals surface area contributed by atoms with Gasteiger partial charge in [-0.15, -0.1) is 0 Å². The lowest BCUT2D eigenvalue weighted by molar-refractivity contribution is -0.147. The number of nitriles is 1. The number of likely N-dealkylation sites (N-methyl/N-ethyl adjacent to an activating group) is 2. The summed E-state index contributed by atoms with van der Waals surface area (Å²) >= 11 is 3.25. The minimum Gasteiger partial charge on any atom is -0.379 e. The molecule has 0 saturated carbocycles. The van der Waals surface area contributed by atoms with Crippen molar-refractivity contribution in [2.45, 2.75) is 141 Å². The van der Waals surface area contributed by atoms with Crippen LogP contribution in [0.1, 0.15) is 102 Å². The van der Waals surface area contributed by atoms with Gasteiger partial charge in [-0.25, -0.2) is 9.97 Å². The first-order valence-electron chi connectivity index (χ1n) is 24.2. The zero-order chi connectivity index (χ0) is 53.1. The molecule has 7 amide bonds. The Morgan fingerprint density at radius 3 is 2.14 bits per heavy atom. The van der Waals surface area contributed by atoms with Gasteiger partial charge in [0.15, 0.2) is 0 Å². The van der Waals surface area contributed by atoms with Crippen molar-refractivity contribution in [2.24, 2.45) is 17.8 Å². The Bertz CT molecular complexity index is 2160. The lowest BCUT2D eigenvalue weighted by atomic mass is 9.89. The van der Waals surface area contributed by atoms with E-state index < -0.39 is 72.1 Å². The number of hydrogen-bond acceptors (Lipinski definition) is 13. The lowest BCUT2D eigenvalue weighted by Gasteiger charge is -2.41. The maximum Gasteiger partial charge on any atom is 0.255 e. The summed E-state index contributed by atoms with van der Waals surface area (Å²) in [6.07, 6.45) is 3.53. The molecule has 0 unspecified atom stereocenters. The number of methoxy groups -OCH3 is 2. The maximum atomic E-state index is 14.3. The summed E-state index contributed by atoms with van der Waals surface area (Å²) in [5.41, 5.74) is 1.32. The van der Waals surface area contributed by atoms with E-state index in [1.54, 1.807) is 61.0 Å². The van der Waals surface area contributed by atoms with Gasteiger partial charge < -0.3 is 50.8 Å². The second-order valence-corrected chi connectivity index (χ2v) is 19.6. The number of nitrogens with one attached hydrogen (secondary N) is 5. The number of aromatic nitrogens is 2. The molecule has 1 saturated heterocycles. The predicted octanol–water partition coefficient (Wildman–Crippen LogP) is 3.20. The number of ether oxygens (including phenoxy) is 2. The minimum atomic E-state index is -0.975. The molecule has 2 aromatic rings. The number of nitrogens with zero attached hydrogens (tertiary/aromatic N) is 6. The number of carbonyl (C=O) groups is 7. The number of likely N-dealkylation sites (tertiary alicyclic amines) is 1. The number of hydrogen-bond donors (Lipinski definition) is 5. The van der Waals surface area contributed by atoms with Crippen LogP contribution in [-0.2, 0) is 50.0 Å². The first-order chi connectivity index (χ1) is 33.6. The fourth-order valence-corrected chi connectivity index (χ4v) is 9.05. The molecular weight excluding hydrogens is 979 g/mol. The van der Waals surface area contributed by atoms with E-state index in [1.807, 2.05) is 33.8 Å². The fraction of sp³-hybridized carbons (Fsp3) is 0.640. The molecule has 1 aromatic heterocycles. The zero-order valence-electron chi connectivity index (χ0n) is 43.4. The molecule has 1 aromatic carbocycles. The molecule has 3 rings (SSSR count). The smallest absolute Gasteiger partial charge is 0.255 e. The van der Waals surface area contributed by atoms with Gasteiger partial charge in [-0.2, -0.15) is 5.26 Å². The zero-order valence-corrected chi connectivity index (χ0v) is 45.0. The summed E-state index contributed by atoms with van der Waals surface area (Å²) in [4.78, 5) is 107.